The molecule has 4 aromatic heterocycles. The number of ether oxygens (including phenoxy) is 1. The number of benzene rings is 1. The predicted octanol–water partition coefficient (Wildman–Crippen LogP) is 2.67. The van der Waals surface area contributed by atoms with Crippen molar-refractivity contribution in [2.75, 3.05) is 6.61 Å². The highest BCUT2D eigenvalue weighted by Gasteiger charge is 2.22. The number of hydrogen-bond acceptors (Lipinski definition) is 6. The third kappa shape index (κ3) is 2.65. The molecule has 9 heteroatoms. The van der Waals surface area contributed by atoms with Gasteiger partial charge in [-0.3, -0.25) is 4.79 Å². The molecule has 5 aromatic rings. The van der Waals surface area contributed by atoms with E-state index in [2.05, 4.69) is 20.3 Å². The van der Waals surface area contributed by atoms with Gasteiger partial charge in [-0.1, -0.05) is 18.2 Å². The Morgan fingerprint density at radius 3 is 2.76 bits per heavy atom. The van der Waals surface area contributed by atoms with E-state index in [1.165, 1.54) is 0 Å². The molecule has 0 aliphatic rings. The largest absolute Gasteiger partial charge is 0.466 e. The van der Waals surface area contributed by atoms with Gasteiger partial charge in [0, 0.05) is 16.6 Å². The highest BCUT2D eigenvalue weighted by atomic mass is 16.5. The summed E-state index contributed by atoms with van der Waals surface area (Å²) in [6.07, 6.45) is -0.00751. The molecule has 0 amide bonds. The first-order valence-corrected chi connectivity index (χ1v) is 9.40. The van der Waals surface area contributed by atoms with Crippen LogP contribution in [0.3, 0.4) is 0 Å². The molecule has 1 aromatic carbocycles. The highest BCUT2D eigenvalue weighted by Crippen LogP contribution is 2.31. The number of nitrogens with one attached hydrogen (secondary N) is 1. The van der Waals surface area contributed by atoms with Crippen LogP contribution in [-0.4, -0.2) is 47.2 Å². The van der Waals surface area contributed by atoms with E-state index in [0.717, 1.165) is 33.2 Å². The lowest BCUT2D eigenvalue weighted by atomic mass is 10.2. The van der Waals surface area contributed by atoms with E-state index < -0.39 is 0 Å². The molecule has 0 saturated carbocycles. The van der Waals surface area contributed by atoms with E-state index in [9.17, 15) is 4.79 Å². The first kappa shape index (κ1) is 17.4. The van der Waals surface area contributed by atoms with Crippen molar-refractivity contribution in [3.05, 3.63) is 47.5 Å². The van der Waals surface area contributed by atoms with E-state index >= 15 is 0 Å². The van der Waals surface area contributed by atoms with Crippen LogP contribution in [0, 0.1) is 13.8 Å². The predicted molar refractivity (Wildman–Crippen MR) is 107 cm³/mol. The van der Waals surface area contributed by atoms with Gasteiger partial charge in [0.15, 0.2) is 17.3 Å². The van der Waals surface area contributed by atoms with Crippen LogP contribution in [0.4, 0.5) is 0 Å². The summed E-state index contributed by atoms with van der Waals surface area (Å²) in [5.74, 6) is 0.683. The Balaban J connectivity index is 1.86. The third-order valence-electron chi connectivity index (χ3n) is 4.87. The Morgan fingerprint density at radius 2 is 2.00 bits per heavy atom. The van der Waals surface area contributed by atoms with Crippen molar-refractivity contribution in [2.24, 2.45) is 0 Å². The molecule has 1 N–H and O–H groups in total. The van der Waals surface area contributed by atoms with Crippen LogP contribution < -0.4 is 0 Å². The van der Waals surface area contributed by atoms with Gasteiger partial charge in [-0.2, -0.15) is 9.61 Å². The van der Waals surface area contributed by atoms with Crippen LogP contribution in [0.5, 0.6) is 0 Å². The van der Waals surface area contributed by atoms with Crippen molar-refractivity contribution < 1.29 is 9.53 Å². The van der Waals surface area contributed by atoms with Crippen molar-refractivity contribution in [1.82, 2.24) is 34.6 Å². The fourth-order valence-electron chi connectivity index (χ4n) is 3.70. The van der Waals surface area contributed by atoms with E-state index in [1.807, 2.05) is 44.2 Å². The SMILES string of the molecule is CCOC(=O)Cc1nnc2c3c([nH]c4ccccc43)c(-n3nc(C)cc3C)nn12. The molecule has 0 unspecified atom stereocenters. The van der Waals surface area contributed by atoms with Crippen LogP contribution in [-0.2, 0) is 16.0 Å². The highest BCUT2D eigenvalue weighted by molar-refractivity contribution is 6.15. The lowest BCUT2D eigenvalue weighted by Crippen LogP contribution is -2.13. The summed E-state index contributed by atoms with van der Waals surface area (Å²) in [6.45, 7) is 6.00. The summed E-state index contributed by atoms with van der Waals surface area (Å²) in [4.78, 5) is 15.5. The molecule has 0 aliphatic carbocycles. The van der Waals surface area contributed by atoms with Gasteiger partial charge in [-0.25, -0.2) is 4.68 Å². The molecule has 29 heavy (non-hydrogen) atoms. The molecule has 0 atom stereocenters. The van der Waals surface area contributed by atoms with Crippen molar-refractivity contribution in [2.45, 2.75) is 27.2 Å². The number of para-hydroxylation sites is 1. The maximum atomic E-state index is 12.0. The quantitative estimate of drug-likeness (QED) is 0.474. The number of nitrogens with zero attached hydrogens (tertiary/aromatic N) is 6. The molecule has 0 fully saturated rings. The number of aryl methyl sites for hydroxylation is 2. The monoisotopic (exact) mass is 389 g/mol. The van der Waals surface area contributed by atoms with E-state index in [1.54, 1.807) is 16.1 Å². The maximum Gasteiger partial charge on any atom is 0.313 e. The Hall–Kier alpha value is -3.75. The molecule has 0 saturated heterocycles. The van der Waals surface area contributed by atoms with Gasteiger partial charge >= 0.3 is 5.97 Å². The number of fused-ring (bicyclic) bond motifs is 5. The van der Waals surface area contributed by atoms with Crippen LogP contribution in [0.25, 0.3) is 33.3 Å². The van der Waals surface area contributed by atoms with E-state index in [4.69, 9.17) is 9.84 Å². The van der Waals surface area contributed by atoms with Gasteiger partial charge < -0.3 is 9.72 Å². The Bertz CT molecular complexity index is 1390. The Morgan fingerprint density at radius 1 is 1.17 bits per heavy atom. The zero-order valence-electron chi connectivity index (χ0n) is 16.3. The van der Waals surface area contributed by atoms with Crippen molar-refractivity contribution in [3.63, 3.8) is 0 Å². The van der Waals surface area contributed by atoms with Crippen molar-refractivity contribution >= 4 is 33.4 Å². The topological polar surface area (TPSA) is 103 Å². The summed E-state index contributed by atoms with van der Waals surface area (Å²) in [5, 5.41) is 19.8. The van der Waals surface area contributed by atoms with Gasteiger partial charge in [0.1, 0.15) is 6.42 Å². The zero-order valence-corrected chi connectivity index (χ0v) is 16.3. The van der Waals surface area contributed by atoms with Crippen molar-refractivity contribution in [1.29, 1.82) is 0 Å². The van der Waals surface area contributed by atoms with Crippen LogP contribution in [0.1, 0.15) is 24.1 Å². The first-order valence-electron chi connectivity index (χ1n) is 9.40. The van der Waals surface area contributed by atoms with Crippen molar-refractivity contribution in [3.8, 4) is 5.82 Å². The fraction of sp³-hybridized carbons (Fsp3) is 0.250. The van der Waals surface area contributed by atoms with Gasteiger partial charge in [-0.15, -0.1) is 15.3 Å². The normalized spacial score (nSPS) is 11.7. The Kier molecular flexibility index (Phi) is 3.83. The van der Waals surface area contributed by atoms with E-state index in [-0.39, 0.29) is 12.4 Å². The average Bonchev–Trinajstić information content (AvgIpc) is 3.36. The molecular formula is C20H19N7O2. The summed E-state index contributed by atoms with van der Waals surface area (Å²) < 4.78 is 8.48. The standard InChI is InChI=1S/C20H19N7O2/c1-4-29-16(28)10-15-22-23-19-17-13-7-5-6-8-14(13)21-18(17)20(25-27(15)19)26-12(3)9-11(2)24-26/h5-9,21H,4,10H2,1-3H3. The lowest BCUT2D eigenvalue weighted by Gasteiger charge is -2.07. The third-order valence-corrected chi connectivity index (χ3v) is 4.87. The molecule has 4 heterocycles. The summed E-state index contributed by atoms with van der Waals surface area (Å²) in [6, 6.07) is 9.98. The molecule has 9 nitrogen and oxygen atoms in total. The molecule has 146 valence electrons. The lowest BCUT2D eigenvalue weighted by molar-refractivity contribution is -0.142. The fourth-order valence-corrected chi connectivity index (χ4v) is 3.70. The Labute approximate surface area is 165 Å². The minimum Gasteiger partial charge on any atom is -0.466 e. The zero-order chi connectivity index (χ0) is 20.1. The molecular weight excluding hydrogens is 370 g/mol. The number of esters is 1. The van der Waals surface area contributed by atoms with Crippen LogP contribution in [0.15, 0.2) is 30.3 Å². The number of H-pyrrole nitrogens is 1. The summed E-state index contributed by atoms with van der Waals surface area (Å²) in [7, 11) is 0. The molecule has 5 rings (SSSR count). The second-order valence-corrected chi connectivity index (χ2v) is 6.92. The first-order chi connectivity index (χ1) is 14.1. The average molecular weight is 389 g/mol. The second-order valence-electron chi connectivity index (χ2n) is 6.92. The molecule has 0 spiro atoms. The van der Waals surface area contributed by atoms with E-state index in [0.29, 0.717) is 23.9 Å². The summed E-state index contributed by atoms with van der Waals surface area (Å²) >= 11 is 0. The van der Waals surface area contributed by atoms with Gasteiger partial charge in [0.05, 0.1) is 23.2 Å². The number of hydrogen-bond donors (Lipinski definition) is 1. The second kappa shape index (κ2) is 6.40. The molecule has 0 radical (unpaired) electrons. The smallest absolute Gasteiger partial charge is 0.313 e. The minimum atomic E-state index is -0.365. The van der Waals surface area contributed by atoms with Crippen LogP contribution >= 0.6 is 0 Å². The number of aromatic amines is 1. The maximum absolute atomic E-state index is 12.0. The molecule has 0 aliphatic heterocycles. The minimum absolute atomic E-state index is 0.00751. The summed E-state index contributed by atoms with van der Waals surface area (Å²) in [5.41, 5.74) is 4.22. The van der Waals surface area contributed by atoms with Gasteiger partial charge in [-0.05, 0) is 32.9 Å². The molecule has 0 bridgehead atoms. The number of aromatic nitrogens is 7. The number of carbonyl (C=O) groups is 1. The van der Waals surface area contributed by atoms with Gasteiger partial charge in [0.2, 0.25) is 0 Å². The van der Waals surface area contributed by atoms with Crippen LogP contribution in [0.2, 0.25) is 0 Å². The number of carbonyl (C=O) groups excluding carboxylic acids is 1. The number of rotatable bonds is 4. The van der Waals surface area contributed by atoms with Gasteiger partial charge in [0.25, 0.3) is 0 Å².